The summed E-state index contributed by atoms with van der Waals surface area (Å²) in [6, 6.07) is 13.2. The maximum absolute atomic E-state index is 13.8. The van der Waals surface area contributed by atoms with Crippen molar-refractivity contribution in [2.45, 2.75) is 38.9 Å². The molecule has 1 aliphatic carbocycles. The molecular weight excluding hydrogens is 323 g/mol. The van der Waals surface area contributed by atoms with E-state index in [9.17, 15) is 4.39 Å². The maximum atomic E-state index is 13.8. The number of halogens is 1. The molecule has 0 radical (unpaired) electrons. The Morgan fingerprint density at radius 3 is 2.92 bits per heavy atom. The molecule has 2 heterocycles. The van der Waals surface area contributed by atoms with Crippen LogP contribution in [0, 0.1) is 6.92 Å². The van der Waals surface area contributed by atoms with E-state index in [0.29, 0.717) is 0 Å². The molecule has 0 amide bonds. The summed E-state index contributed by atoms with van der Waals surface area (Å²) in [6.07, 6.45) is 5.21. The van der Waals surface area contributed by atoms with Gasteiger partial charge in [0.2, 0.25) is 0 Å². The van der Waals surface area contributed by atoms with Crippen LogP contribution in [0.25, 0.3) is 5.57 Å². The number of nitrogens with zero attached hydrogens (tertiary/aromatic N) is 1. The minimum absolute atomic E-state index is 0.105. The lowest BCUT2D eigenvalue weighted by Crippen LogP contribution is -2.30. The van der Waals surface area contributed by atoms with Crippen LogP contribution in [0.15, 0.2) is 54.4 Å². The molecule has 3 aliphatic rings. The van der Waals surface area contributed by atoms with Crippen LogP contribution in [0.2, 0.25) is 0 Å². The molecule has 0 saturated carbocycles. The van der Waals surface area contributed by atoms with Gasteiger partial charge in [-0.15, -0.1) is 0 Å². The Balaban J connectivity index is 1.48. The minimum Gasteiger partial charge on any atom is -0.377 e. The predicted octanol–water partition coefficient (Wildman–Crippen LogP) is 4.99. The lowest BCUT2D eigenvalue weighted by atomic mass is 9.88. The zero-order valence-electron chi connectivity index (χ0n) is 15.1. The summed E-state index contributed by atoms with van der Waals surface area (Å²) < 4.78 is 13.8. The number of hydrogen-bond acceptors (Lipinski definition) is 2. The van der Waals surface area contributed by atoms with E-state index in [1.54, 1.807) is 12.2 Å². The van der Waals surface area contributed by atoms with Gasteiger partial charge in [0.1, 0.15) is 5.83 Å². The van der Waals surface area contributed by atoms with Gasteiger partial charge in [0.25, 0.3) is 0 Å². The molecule has 1 atom stereocenters. The van der Waals surface area contributed by atoms with Gasteiger partial charge in [-0.2, -0.15) is 0 Å². The summed E-state index contributed by atoms with van der Waals surface area (Å²) >= 11 is 0. The SMILES string of the molecule is Cc1c2c(cc3c1NC1CC=C(F)C=C31)CN(Cc1ccccc1)CC2. The Bertz CT molecular complexity index is 927. The first kappa shape index (κ1) is 15.8. The van der Waals surface area contributed by atoms with Crippen molar-refractivity contribution in [1.29, 1.82) is 0 Å². The van der Waals surface area contributed by atoms with Crippen LogP contribution in [0.1, 0.15) is 34.2 Å². The molecule has 0 fully saturated rings. The van der Waals surface area contributed by atoms with Gasteiger partial charge < -0.3 is 5.32 Å². The molecule has 0 bridgehead atoms. The molecule has 2 nitrogen and oxygen atoms in total. The largest absolute Gasteiger partial charge is 0.377 e. The molecule has 2 aromatic rings. The highest BCUT2D eigenvalue weighted by molar-refractivity contribution is 5.91. The summed E-state index contributed by atoms with van der Waals surface area (Å²) in [7, 11) is 0. The van der Waals surface area contributed by atoms with E-state index >= 15 is 0 Å². The van der Waals surface area contributed by atoms with Crippen molar-refractivity contribution in [2.75, 3.05) is 11.9 Å². The van der Waals surface area contributed by atoms with Crippen LogP contribution in [0.5, 0.6) is 0 Å². The highest BCUT2D eigenvalue weighted by atomic mass is 19.1. The molecule has 2 aliphatic heterocycles. The van der Waals surface area contributed by atoms with Gasteiger partial charge >= 0.3 is 0 Å². The van der Waals surface area contributed by atoms with Gasteiger partial charge in [0.15, 0.2) is 0 Å². The number of fused-ring (bicyclic) bond motifs is 4. The first-order chi connectivity index (χ1) is 12.7. The smallest absolute Gasteiger partial charge is 0.119 e. The van der Waals surface area contributed by atoms with Crippen molar-refractivity contribution in [3.8, 4) is 0 Å². The van der Waals surface area contributed by atoms with Gasteiger partial charge in [0, 0.05) is 30.9 Å². The monoisotopic (exact) mass is 346 g/mol. The number of anilines is 1. The fraction of sp³-hybridized carbons (Fsp3) is 0.304. The highest BCUT2D eigenvalue weighted by Crippen LogP contribution is 2.44. The Labute approximate surface area is 154 Å². The molecule has 26 heavy (non-hydrogen) atoms. The highest BCUT2D eigenvalue weighted by Gasteiger charge is 2.32. The van der Waals surface area contributed by atoms with E-state index in [2.05, 4.69) is 53.5 Å². The number of hydrogen-bond donors (Lipinski definition) is 1. The summed E-state index contributed by atoms with van der Waals surface area (Å²) in [5.41, 5.74) is 9.14. The second-order valence-corrected chi connectivity index (χ2v) is 7.63. The maximum Gasteiger partial charge on any atom is 0.119 e. The lowest BCUT2D eigenvalue weighted by molar-refractivity contribution is 0.245. The number of rotatable bonds is 2. The van der Waals surface area contributed by atoms with Crippen LogP contribution in [-0.2, 0) is 19.5 Å². The second-order valence-electron chi connectivity index (χ2n) is 7.63. The number of benzene rings is 2. The first-order valence-electron chi connectivity index (χ1n) is 9.45. The van der Waals surface area contributed by atoms with Crippen LogP contribution < -0.4 is 5.32 Å². The fourth-order valence-corrected chi connectivity index (χ4v) is 4.64. The summed E-state index contributed by atoms with van der Waals surface area (Å²) in [5, 5.41) is 3.63. The Morgan fingerprint density at radius 2 is 2.08 bits per heavy atom. The second kappa shape index (κ2) is 6.10. The van der Waals surface area contributed by atoms with Crippen molar-refractivity contribution in [2.24, 2.45) is 0 Å². The minimum atomic E-state index is -0.105. The van der Waals surface area contributed by atoms with Crippen LogP contribution in [0.4, 0.5) is 10.1 Å². The Kier molecular flexibility index (Phi) is 3.71. The molecular formula is C23H23FN2. The molecule has 0 saturated heterocycles. The predicted molar refractivity (Wildman–Crippen MR) is 105 cm³/mol. The zero-order valence-corrected chi connectivity index (χ0v) is 15.1. The van der Waals surface area contributed by atoms with Crippen molar-refractivity contribution < 1.29 is 4.39 Å². The molecule has 0 aromatic heterocycles. The van der Waals surface area contributed by atoms with Crippen molar-refractivity contribution >= 4 is 11.3 Å². The number of nitrogens with one attached hydrogen (secondary N) is 1. The Hall–Kier alpha value is -2.39. The molecule has 0 spiro atoms. The third-order valence-electron chi connectivity index (χ3n) is 5.97. The van der Waals surface area contributed by atoms with Gasteiger partial charge in [-0.3, -0.25) is 4.90 Å². The quantitative estimate of drug-likeness (QED) is 0.824. The van der Waals surface area contributed by atoms with Crippen molar-refractivity contribution in [3.05, 3.63) is 82.2 Å². The molecule has 132 valence electrons. The molecule has 5 rings (SSSR count). The molecule has 1 unspecified atom stereocenters. The van der Waals surface area contributed by atoms with E-state index < -0.39 is 0 Å². The standard InChI is InChI=1S/C23H23FN2/c1-15-19-9-10-26(13-16-5-3-2-4-6-16)14-17(19)11-21-20-12-18(24)7-8-22(20)25-23(15)21/h2-7,11-12,22,25H,8-10,13-14H2,1H3. The summed E-state index contributed by atoms with van der Waals surface area (Å²) in [6.45, 7) is 5.26. The average Bonchev–Trinajstić information content (AvgIpc) is 3.01. The van der Waals surface area contributed by atoms with E-state index in [1.807, 2.05) is 0 Å². The molecule has 2 aromatic carbocycles. The molecule has 3 heteroatoms. The van der Waals surface area contributed by atoms with Crippen LogP contribution in [-0.4, -0.2) is 17.5 Å². The van der Waals surface area contributed by atoms with Crippen LogP contribution >= 0.6 is 0 Å². The topological polar surface area (TPSA) is 15.3 Å². The average molecular weight is 346 g/mol. The zero-order chi connectivity index (χ0) is 17.7. The summed E-state index contributed by atoms with van der Waals surface area (Å²) in [5.74, 6) is -0.105. The van der Waals surface area contributed by atoms with E-state index in [4.69, 9.17) is 0 Å². The van der Waals surface area contributed by atoms with Crippen molar-refractivity contribution in [1.82, 2.24) is 4.90 Å². The normalized spacial score (nSPS) is 21.2. The van der Waals surface area contributed by atoms with Gasteiger partial charge in [-0.1, -0.05) is 30.3 Å². The van der Waals surface area contributed by atoms with Crippen molar-refractivity contribution in [3.63, 3.8) is 0 Å². The molecule has 1 N–H and O–H groups in total. The van der Waals surface area contributed by atoms with Gasteiger partial charge in [-0.05, 0) is 65.8 Å². The summed E-state index contributed by atoms with van der Waals surface area (Å²) in [4.78, 5) is 2.51. The van der Waals surface area contributed by atoms with E-state index in [1.165, 1.54) is 33.5 Å². The van der Waals surface area contributed by atoms with Gasteiger partial charge in [-0.25, -0.2) is 4.39 Å². The van der Waals surface area contributed by atoms with Gasteiger partial charge in [0.05, 0.1) is 6.04 Å². The fourth-order valence-electron chi connectivity index (χ4n) is 4.64. The van der Waals surface area contributed by atoms with Crippen LogP contribution in [0.3, 0.4) is 0 Å². The Morgan fingerprint density at radius 1 is 1.23 bits per heavy atom. The lowest BCUT2D eigenvalue weighted by Gasteiger charge is -2.30. The third-order valence-corrected chi connectivity index (χ3v) is 5.97. The van der Waals surface area contributed by atoms with E-state index in [-0.39, 0.29) is 11.9 Å². The van der Waals surface area contributed by atoms with E-state index in [0.717, 1.165) is 38.0 Å². The third kappa shape index (κ3) is 2.58. The number of allylic oxidation sites excluding steroid dienone is 2. The first-order valence-corrected chi connectivity index (χ1v) is 9.45.